The van der Waals surface area contributed by atoms with E-state index in [1.165, 1.54) is 77.1 Å². The summed E-state index contributed by atoms with van der Waals surface area (Å²) in [5, 5.41) is 4.89. The molecule has 0 bridgehead atoms. The van der Waals surface area contributed by atoms with Crippen molar-refractivity contribution in [2.45, 2.75) is 5.41 Å². The van der Waals surface area contributed by atoms with E-state index in [2.05, 4.69) is 209 Å². The van der Waals surface area contributed by atoms with E-state index in [1.807, 2.05) is 18.2 Å². The van der Waals surface area contributed by atoms with Crippen LogP contribution in [-0.2, 0) is 5.41 Å². The summed E-state index contributed by atoms with van der Waals surface area (Å²) in [4.78, 5) is 10.5. The highest BCUT2D eigenvalue weighted by atomic mass is 15.1. The van der Waals surface area contributed by atoms with E-state index >= 15 is 0 Å². The molecule has 9 aromatic carbocycles. The molecule has 0 saturated carbocycles. The van der Waals surface area contributed by atoms with Crippen LogP contribution in [0.15, 0.2) is 218 Å². The first-order valence-corrected chi connectivity index (χ1v) is 21.7. The van der Waals surface area contributed by atoms with Gasteiger partial charge in [-0.3, -0.25) is 4.57 Å². The lowest BCUT2D eigenvalue weighted by molar-refractivity contribution is 0.794. The van der Waals surface area contributed by atoms with Crippen molar-refractivity contribution in [3.63, 3.8) is 0 Å². The molecule has 0 saturated heterocycles. The van der Waals surface area contributed by atoms with Crippen LogP contribution in [0.2, 0.25) is 0 Å². The number of hydrogen-bond acceptors (Lipinski definition) is 2. The van der Waals surface area contributed by atoms with Gasteiger partial charge in [-0.25, -0.2) is 9.97 Å². The average Bonchev–Trinajstić information content (AvgIpc) is 4.06. The molecule has 63 heavy (non-hydrogen) atoms. The summed E-state index contributed by atoms with van der Waals surface area (Å²) < 4.78 is 4.77. The van der Waals surface area contributed by atoms with Crippen molar-refractivity contribution >= 4 is 43.6 Å². The van der Waals surface area contributed by atoms with Crippen LogP contribution in [0, 0.1) is 0 Å². The van der Waals surface area contributed by atoms with Crippen LogP contribution in [0.25, 0.3) is 100 Å². The summed E-state index contributed by atoms with van der Waals surface area (Å²) in [6.45, 7) is 0. The minimum Gasteiger partial charge on any atom is -0.309 e. The lowest BCUT2D eigenvalue weighted by Crippen LogP contribution is -2.25. The molecule has 4 heteroatoms. The van der Waals surface area contributed by atoms with Gasteiger partial charge in [-0.2, -0.15) is 0 Å². The highest BCUT2D eigenvalue weighted by molar-refractivity contribution is 6.17. The van der Waals surface area contributed by atoms with E-state index < -0.39 is 5.41 Å². The summed E-state index contributed by atoms with van der Waals surface area (Å²) in [7, 11) is 0. The summed E-state index contributed by atoms with van der Waals surface area (Å²) in [5.74, 6) is 1.52. The number of aromatic nitrogens is 4. The number of nitrogens with zero attached hydrogens (tertiary/aromatic N) is 4. The Morgan fingerprint density at radius 1 is 0.349 bits per heavy atom. The van der Waals surface area contributed by atoms with Crippen LogP contribution in [0.5, 0.6) is 0 Å². The second-order valence-electron chi connectivity index (χ2n) is 16.8. The van der Waals surface area contributed by atoms with Gasteiger partial charge in [-0.1, -0.05) is 182 Å². The Morgan fingerprint density at radius 3 is 1.49 bits per heavy atom. The fourth-order valence-corrected chi connectivity index (χ4v) is 11.3. The monoisotopic (exact) mass is 800 g/mol. The normalized spacial score (nSPS) is 13.2. The Bertz CT molecular complexity index is 3750. The zero-order valence-electron chi connectivity index (χ0n) is 34.1. The first kappa shape index (κ1) is 34.4. The third-order valence-corrected chi connectivity index (χ3v) is 13.8. The molecule has 4 nitrogen and oxygen atoms in total. The van der Waals surface area contributed by atoms with Crippen molar-refractivity contribution in [1.29, 1.82) is 0 Å². The Morgan fingerprint density at radius 2 is 0.857 bits per heavy atom. The van der Waals surface area contributed by atoms with Crippen molar-refractivity contribution in [3.05, 3.63) is 241 Å². The molecular formula is C59H36N4. The topological polar surface area (TPSA) is 35.6 Å². The lowest BCUT2D eigenvalue weighted by atomic mass is 9.70. The van der Waals surface area contributed by atoms with E-state index in [-0.39, 0.29) is 0 Å². The largest absolute Gasteiger partial charge is 0.309 e. The third-order valence-electron chi connectivity index (χ3n) is 13.8. The fourth-order valence-electron chi connectivity index (χ4n) is 11.3. The molecule has 3 aromatic heterocycles. The van der Waals surface area contributed by atoms with Crippen molar-refractivity contribution in [3.8, 4) is 56.4 Å². The fraction of sp³-hybridized carbons (Fsp3) is 0.0169. The third kappa shape index (κ3) is 4.59. The average molecular weight is 801 g/mol. The molecule has 0 N–H and O–H groups in total. The van der Waals surface area contributed by atoms with Crippen LogP contribution < -0.4 is 0 Å². The molecule has 3 heterocycles. The van der Waals surface area contributed by atoms with Gasteiger partial charge in [0.2, 0.25) is 0 Å². The first-order valence-electron chi connectivity index (χ1n) is 21.7. The molecule has 0 atom stereocenters. The van der Waals surface area contributed by atoms with Crippen LogP contribution in [0.4, 0.5) is 0 Å². The van der Waals surface area contributed by atoms with E-state index in [0.717, 1.165) is 39.4 Å². The molecule has 2 aliphatic carbocycles. The van der Waals surface area contributed by atoms with Crippen LogP contribution in [-0.4, -0.2) is 19.1 Å². The molecule has 1 spiro atoms. The predicted molar refractivity (Wildman–Crippen MR) is 258 cm³/mol. The highest BCUT2D eigenvalue weighted by Crippen LogP contribution is 2.64. The van der Waals surface area contributed by atoms with Crippen molar-refractivity contribution < 1.29 is 0 Å². The van der Waals surface area contributed by atoms with Gasteiger partial charge in [-0.15, -0.1) is 0 Å². The summed E-state index contributed by atoms with van der Waals surface area (Å²) in [6.07, 6.45) is 0. The Kier molecular flexibility index (Phi) is 7.01. The van der Waals surface area contributed by atoms with Crippen LogP contribution in [0.3, 0.4) is 0 Å². The van der Waals surface area contributed by atoms with Gasteiger partial charge in [0.05, 0.1) is 33.2 Å². The molecule has 292 valence electrons. The van der Waals surface area contributed by atoms with Crippen molar-refractivity contribution in [2.24, 2.45) is 0 Å². The second-order valence-corrected chi connectivity index (χ2v) is 16.8. The number of hydrogen-bond donors (Lipinski definition) is 0. The van der Waals surface area contributed by atoms with Gasteiger partial charge in [0.1, 0.15) is 5.82 Å². The SMILES string of the molecule is c1ccc(-c2nc(-c3ccc(-n4c5ccccc5c5ccc6c(c54)-c4ccccc4C64c5ccccc5-c5ccccc54)cc3)cc(-n3c4ccccc4c4ccccc43)n2)cc1. The van der Waals surface area contributed by atoms with Crippen LogP contribution in [0.1, 0.15) is 22.3 Å². The van der Waals surface area contributed by atoms with E-state index in [9.17, 15) is 0 Å². The quantitative estimate of drug-likeness (QED) is 0.178. The molecule has 0 radical (unpaired) electrons. The molecule has 0 amide bonds. The van der Waals surface area contributed by atoms with Gasteiger partial charge < -0.3 is 4.57 Å². The Labute approximate surface area is 363 Å². The smallest absolute Gasteiger partial charge is 0.162 e. The maximum absolute atomic E-state index is 5.26. The Balaban J connectivity index is 0.994. The maximum Gasteiger partial charge on any atom is 0.162 e. The van der Waals surface area contributed by atoms with Crippen LogP contribution >= 0.6 is 0 Å². The zero-order chi connectivity index (χ0) is 41.2. The lowest BCUT2D eigenvalue weighted by Gasteiger charge is -2.30. The Hall–Kier alpha value is -8.34. The van der Waals surface area contributed by atoms with E-state index in [4.69, 9.17) is 9.97 Å². The molecule has 2 aliphatic rings. The highest BCUT2D eigenvalue weighted by Gasteiger charge is 2.52. The van der Waals surface area contributed by atoms with Gasteiger partial charge in [-0.05, 0) is 69.3 Å². The van der Waals surface area contributed by atoms with Gasteiger partial charge in [0, 0.05) is 50.0 Å². The summed E-state index contributed by atoms with van der Waals surface area (Å²) >= 11 is 0. The standard InChI is InChI=1S/C59H36N4/c1-2-16-38(17-3-1)58-60-51(36-55(61-58)63-53-28-14-7-20-42(53)43-21-8-15-29-54(43)63)37-30-32-39(33-31-37)62-52-27-13-9-22-44(52)45-34-35-50-56(57(45)62)46-23-6-12-26-49(46)59(50)47-24-10-4-18-40(47)41-19-5-11-25-48(41)59/h1-36H. The molecule has 0 aliphatic heterocycles. The number of rotatable bonds is 4. The maximum atomic E-state index is 5.26. The van der Waals surface area contributed by atoms with Gasteiger partial charge >= 0.3 is 0 Å². The van der Waals surface area contributed by atoms with Crippen molar-refractivity contribution in [2.75, 3.05) is 0 Å². The van der Waals surface area contributed by atoms with Gasteiger partial charge in [0.15, 0.2) is 5.82 Å². The molecular weight excluding hydrogens is 765 g/mol. The molecule has 0 unspecified atom stereocenters. The number of benzene rings is 9. The number of para-hydroxylation sites is 3. The minimum absolute atomic E-state index is 0.421. The molecule has 14 rings (SSSR count). The summed E-state index contributed by atoms with van der Waals surface area (Å²) in [5.41, 5.74) is 18.8. The van der Waals surface area contributed by atoms with Crippen molar-refractivity contribution in [1.82, 2.24) is 19.1 Å². The molecule has 0 fully saturated rings. The second kappa shape index (κ2) is 12.8. The summed E-state index contributed by atoms with van der Waals surface area (Å²) in [6, 6.07) is 79.4. The van der Waals surface area contributed by atoms with Gasteiger partial charge in [0.25, 0.3) is 0 Å². The zero-order valence-corrected chi connectivity index (χ0v) is 34.1. The minimum atomic E-state index is -0.421. The number of fused-ring (bicyclic) bond motifs is 17. The first-order chi connectivity index (χ1) is 31.3. The molecule has 12 aromatic rings. The predicted octanol–water partition coefficient (Wildman–Crippen LogP) is 14.3. The van der Waals surface area contributed by atoms with E-state index in [1.54, 1.807) is 0 Å². The van der Waals surface area contributed by atoms with E-state index in [0.29, 0.717) is 5.82 Å².